The molecule has 0 aromatic heterocycles. The topological polar surface area (TPSA) is 55.6 Å². The van der Waals surface area contributed by atoms with Crippen molar-refractivity contribution in [2.45, 2.75) is 51.3 Å². The monoisotopic (exact) mass is 212 g/mol. The van der Waals surface area contributed by atoms with Crippen LogP contribution in [-0.4, -0.2) is 35.2 Å². The molecule has 2 fully saturated rings. The van der Waals surface area contributed by atoms with E-state index in [1.165, 1.54) is 0 Å². The van der Waals surface area contributed by atoms with Crippen LogP contribution in [0.4, 0.5) is 4.79 Å². The highest BCUT2D eigenvalue weighted by Crippen LogP contribution is 2.37. The Bertz CT molecular complexity index is 270. The van der Waals surface area contributed by atoms with Gasteiger partial charge in [0.1, 0.15) is 5.60 Å². The highest BCUT2D eigenvalue weighted by molar-refractivity contribution is 5.69. The van der Waals surface area contributed by atoms with E-state index < -0.39 is 5.60 Å². The van der Waals surface area contributed by atoms with E-state index in [9.17, 15) is 4.79 Å². The van der Waals surface area contributed by atoms with Gasteiger partial charge in [-0.3, -0.25) is 0 Å². The lowest BCUT2D eigenvalue weighted by Gasteiger charge is -2.31. The van der Waals surface area contributed by atoms with Gasteiger partial charge in [-0.1, -0.05) is 0 Å². The van der Waals surface area contributed by atoms with Crippen LogP contribution < -0.4 is 5.73 Å². The molecule has 4 heteroatoms. The molecule has 1 aliphatic carbocycles. The van der Waals surface area contributed by atoms with E-state index in [-0.39, 0.29) is 12.1 Å². The number of hydrogen-bond donors (Lipinski definition) is 1. The first-order chi connectivity index (χ1) is 6.87. The number of carbonyl (C=O) groups is 1. The number of rotatable bonds is 0. The van der Waals surface area contributed by atoms with E-state index >= 15 is 0 Å². The molecule has 1 saturated carbocycles. The maximum atomic E-state index is 11.8. The molecule has 2 rings (SSSR count). The van der Waals surface area contributed by atoms with Crippen LogP contribution >= 0.6 is 0 Å². The van der Waals surface area contributed by atoms with Crippen molar-refractivity contribution < 1.29 is 9.53 Å². The van der Waals surface area contributed by atoms with Crippen molar-refractivity contribution in [2.24, 2.45) is 11.7 Å². The van der Waals surface area contributed by atoms with Crippen molar-refractivity contribution in [2.75, 3.05) is 6.54 Å². The smallest absolute Gasteiger partial charge is 0.410 e. The van der Waals surface area contributed by atoms with E-state index in [1.54, 1.807) is 0 Å². The second kappa shape index (κ2) is 3.37. The summed E-state index contributed by atoms with van der Waals surface area (Å²) in [6.07, 6.45) is 1.81. The van der Waals surface area contributed by atoms with Gasteiger partial charge in [0.2, 0.25) is 0 Å². The summed E-state index contributed by atoms with van der Waals surface area (Å²) >= 11 is 0. The molecule has 0 spiro atoms. The Morgan fingerprint density at radius 3 is 2.47 bits per heavy atom. The lowest BCUT2D eigenvalue weighted by Crippen LogP contribution is -2.46. The number of fused-ring (bicyclic) bond motifs is 2. The van der Waals surface area contributed by atoms with Crippen molar-refractivity contribution in [3.05, 3.63) is 0 Å². The third-order valence-corrected chi connectivity index (χ3v) is 3.22. The first-order valence-corrected chi connectivity index (χ1v) is 5.62. The van der Waals surface area contributed by atoms with Crippen molar-refractivity contribution >= 4 is 6.09 Å². The van der Waals surface area contributed by atoms with E-state index in [2.05, 4.69) is 0 Å². The summed E-state index contributed by atoms with van der Waals surface area (Å²) in [6.45, 7) is 6.46. The van der Waals surface area contributed by atoms with E-state index in [0.29, 0.717) is 12.0 Å². The zero-order valence-corrected chi connectivity index (χ0v) is 9.69. The number of ether oxygens (including phenoxy) is 1. The van der Waals surface area contributed by atoms with E-state index in [0.717, 1.165) is 19.4 Å². The molecule has 4 nitrogen and oxygen atoms in total. The second-order valence-corrected chi connectivity index (χ2v) is 5.68. The van der Waals surface area contributed by atoms with E-state index in [1.807, 2.05) is 25.7 Å². The van der Waals surface area contributed by atoms with Gasteiger partial charge in [0.05, 0.1) is 0 Å². The fraction of sp³-hybridized carbons (Fsp3) is 0.909. The van der Waals surface area contributed by atoms with Gasteiger partial charge in [-0.15, -0.1) is 0 Å². The summed E-state index contributed by atoms with van der Waals surface area (Å²) in [7, 11) is 0. The Balaban J connectivity index is 1.94. The number of amides is 1. The Morgan fingerprint density at radius 2 is 2.07 bits per heavy atom. The van der Waals surface area contributed by atoms with Gasteiger partial charge < -0.3 is 15.4 Å². The number of likely N-dealkylation sites (tertiary alicyclic amines) is 1. The van der Waals surface area contributed by atoms with Crippen molar-refractivity contribution in [3.8, 4) is 0 Å². The van der Waals surface area contributed by atoms with Gasteiger partial charge in [-0.25, -0.2) is 4.79 Å². The maximum absolute atomic E-state index is 11.8. The van der Waals surface area contributed by atoms with Crippen LogP contribution in [0.5, 0.6) is 0 Å². The molecule has 0 aromatic rings. The highest BCUT2D eigenvalue weighted by atomic mass is 16.6. The normalized spacial score (nSPS) is 34.7. The third-order valence-electron chi connectivity index (χ3n) is 3.22. The summed E-state index contributed by atoms with van der Waals surface area (Å²) < 4.78 is 5.36. The van der Waals surface area contributed by atoms with Crippen molar-refractivity contribution in [1.29, 1.82) is 0 Å². The number of nitrogens with zero attached hydrogens (tertiary/aromatic N) is 1. The number of carbonyl (C=O) groups excluding carboxylic acids is 1. The Kier molecular flexibility index (Phi) is 2.41. The fourth-order valence-electron chi connectivity index (χ4n) is 2.54. The highest BCUT2D eigenvalue weighted by Gasteiger charge is 2.46. The molecule has 0 aromatic carbocycles. The lowest BCUT2D eigenvalue weighted by atomic mass is 10.0. The Morgan fingerprint density at radius 1 is 1.40 bits per heavy atom. The third kappa shape index (κ3) is 2.09. The molecule has 1 amide bonds. The standard InChI is InChI=1S/C11H20N2O2/c1-11(2,3)15-10(14)13-6-7-4-8(13)5-9(7)12/h7-9H,4-6,12H2,1-3H3. The molecule has 3 unspecified atom stereocenters. The first-order valence-electron chi connectivity index (χ1n) is 5.62. The Hall–Kier alpha value is -0.770. The van der Waals surface area contributed by atoms with Crippen LogP contribution in [0.1, 0.15) is 33.6 Å². The van der Waals surface area contributed by atoms with Crippen molar-refractivity contribution in [1.82, 2.24) is 4.90 Å². The van der Waals surface area contributed by atoms with Crippen LogP contribution in [0, 0.1) is 5.92 Å². The van der Waals surface area contributed by atoms with Gasteiger partial charge in [-0.2, -0.15) is 0 Å². The zero-order chi connectivity index (χ0) is 11.2. The largest absolute Gasteiger partial charge is 0.444 e. The van der Waals surface area contributed by atoms with Gasteiger partial charge in [0, 0.05) is 18.6 Å². The molecular formula is C11H20N2O2. The molecule has 0 radical (unpaired) electrons. The summed E-state index contributed by atoms with van der Waals surface area (Å²) in [5.41, 5.74) is 5.53. The van der Waals surface area contributed by atoms with Crippen LogP contribution in [-0.2, 0) is 4.74 Å². The molecule has 1 saturated heterocycles. The van der Waals surface area contributed by atoms with Gasteiger partial charge in [0.25, 0.3) is 0 Å². The van der Waals surface area contributed by atoms with Crippen LogP contribution in [0.2, 0.25) is 0 Å². The molecule has 2 N–H and O–H groups in total. The maximum Gasteiger partial charge on any atom is 0.410 e. The van der Waals surface area contributed by atoms with Crippen molar-refractivity contribution in [3.63, 3.8) is 0 Å². The molecule has 1 heterocycles. The molecular weight excluding hydrogens is 192 g/mol. The predicted molar refractivity (Wildman–Crippen MR) is 57.4 cm³/mol. The summed E-state index contributed by atoms with van der Waals surface area (Å²) in [6, 6.07) is 0.605. The molecule has 86 valence electrons. The van der Waals surface area contributed by atoms with E-state index in [4.69, 9.17) is 10.5 Å². The number of nitrogens with two attached hydrogens (primary N) is 1. The average molecular weight is 212 g/mol. The second-order valence-electron chi connectivity index (χ2n) is 5.68. The molecule has 1 aliphatic heterocycles. The minimum atomic E-state index is -0.402. The summed E-state index contributed by atoms with van der Waals surface area (Å²) in [4.78, 5) is 13.7. The average Bonchev–Trinajstić information content (AvgIpc) is 2.58. The van der Waals surface area contributed by atoms with Gasteiger partial charge in [-0.05, 0) is 39.5 Å². The molecule has 2 bridgehead atoms. The fourth-order valence-corrected chi connectivity index (χ4v) is 2.54. The molecule has 15 heavy (non-hydrogen) atoms. The van der Waals surface area contributed by atoms with Gasteiger partial charge in [0.15, 0.2) is 0 Å². The number of hydrogen-bond acceptors (Lipinski definition) is 3. The molecule has 3 atom stereocenters. The number of piperidine rings is 1. The summed E-state index contributed by atoms with van der Waals surface area (Å²) in [5, 5.41) is 0. The minimum Gasteiger partial charge on any atom is -0.444 e. The quantitative estimate of drug-likeness (QED) is 0.659. The first kappa shape index (κ1) is 10.7. The van der Waals surface area contributed by atoms with Gasteiger partial charge >= 0.3 is 6.09 Å². The predicted octanol–water partition coefficient (Wildman–Crippen LogP) is 1.34. The zero-order valence-electron chi connectivity index (χ0n) is 9.69. The van der Waals surface area contributed by atoms with Crippen LogP contribution in [0.15, 0.2) is 0 Å². The Labute approximate surface area is 90.8 Å². The van der Waals surface area contributed by atoms with Crippen LogP contribution in [0.3, 0.4) is 0 Å². The molecule has 2 aliphatic rings. The van der Waals surface area contributed by atoms with Crippen LogP contribution in [0.25, 0.3) is 0 Å². The SMILES string of the molecule is CC(C)(C)OC(=O)N1CC2CC1CC2N. The summed E-state index contributed by atoms with van der Waals surface area (Å²) in [5.74, 6) is 0.488. The lowest BCUT2D eigenvalue weighted by molar-refractivity contribution is 0.0183. The minimum absolute atomic E-state index is 0.179.